The smallest absolute Gasteiger partial charge is 0.178 e. The van der Waals surface area contributed by atoms with Crippen molar-refractivity contribution >= 4 is 16.8 Å². The molecule has 0 saturated heterocycles. The van der Waals surface area contributed by atoms with Gasteiger partial charge in [-0.1, -0.05) is 17.7 Å². The topological polar surface area (TPSA) is 161 Å². The van der Waals surface area contributed by atoms with Crippen molar-refractivity contribution < 1.29 is 44.6 Å². The lowest BCUT2D eigenvalue weighted by atomic mass is 9.55. The second-order valence-electron chi connectivity index (χ2n) is 13.5. The van der Waals surface area contributed by atoms with Crippen molar-refractivity contribution in [1.29, 1.82) is 0 Å². The van der Waals surface area contributed by atoms with Gasteiger partial charge in [-0.25, -0.2) is 0 Å². The second kappa shape index (κ2) is 11.0. The normalized spacial score (nSPS) is 21.4. The number of fused-ring (bicyclic) bond motifs is 3. The number of aromatic hydroxyl groups is 6. The van der Waals surface area contributed by atoms with Crippen LogP contribution < -0.4 is 4.74 Å². The minimum absolute atomic E-state index is 0.0368. The van der Waals surface area contributed by atoms with E-state index in [1.165, 1.54) is 36.4 Å². The van der Waals surface area contributed by atoms with Crippen LogP contribution in [-0.4, -0.2) is 42.0 Å². The Labute approximate surface area is 276 Å². The third-order valence-corrected chi connectivity index (χ3v) is 9.96. The van der Waals surface area contributed by atoms with Crippen LogP contribution in [0.3, 0.4) is 0 Å². The maximum atomic E-state index is 15.2. The summed E-state index contributed by atoms with van der Waals surface area (Å²) in [5.41, 5.74) is 0.270. The molecule has 4 aromatic carbocycles. The van der Waals surface area contributed by atoms with E-state index in [1.54, 1.807) is 30.3 Å². The highest BCUT2D eigenvalue weighted by Crippen LogP contribution is 2.63. The molecule has 3 unspecified atom stereocenters. The molecule has 3 aliphatic rings. The molecule has 1 aromatic heterocycles. The maximum Gasteiger partial charge on any atom is 0.178 e. The van der Waals surface area contributed by atoms with Crippen molar-refractivity contribution in [2.45, 2.75) is 63.4 Å². The third kappa shape index (κ3) is 4.89. The Balaban J connectivity index is 1.48. The van der Waals surface area contributed by atoms with Crippen LogP contribution in [0.15, 0.2) is 82.8 Å². The molecule has 48 heavy (non-hydrogen) atoms. The molecule has 0 amide bonds. The first-order valence-corrected chi connectivity index (χ1v) is 15.8. The number of hydrogen-bond acceptors (Lipinski definition) is 9. The summed E-state index contributed by atoms with van der Waals surface area (Å²) in [6, 6.07) is 16.8. The molecule has 1 fully saturated rings. The first kappa shape index (κ1) is 31.1. The molecule has 0 spiro atoms. The van der Waals surface area contributed by atoms with Crippen molar-refractivity contribution in [2.75, 3.05) is 0 Å². The summed E-state index contributed by atoms with van der Waals surface area (Å²) in [4.78, 5) is 15.2. The number of ether oxygens (including phenoxy) is 1. The van der Waals surface area contributed by atoms with E-state index >= 15 is 4.79 Å². The third-order valence-electron chi connectivity index (χ3n) is 9.96. The molecule has 1 aliphatic carbocycles. The van der Waals surface area contributed by atoms with E-state index in [0.717, 1.165) is 11.0 Å². The highest BCUT2D eigenvalue weighted by molar-refractivity contribution is 6.08. The lowest BCUT2D eigenvalue weighted by Gasteiger charge is -2.46. The van der Waals surface area contributed by atoms with Gasteiger partial charge < -0.3 is 39.8 Å². The molecule has 0 radical (unpaired) electrons. The van der Waals surface area contributed by atoms with Crippen molar-refractivity contribution in [2.24, 2.45) is 0 Å². The number of phenols is 6. The molecular weight excluding hydrogens is 612 g/mol. The molecule has 9 nitrogen and oxygen atoms in total. The zero-order chi connectivity index (χ0) is 34.1. The number of allylic oxidation sites excluding steroid dienone is 2. The van der Waals surface area contributed by atoms with Crippen LogP contribution in [0, 0.1) is 0 Å². The number of carbonyl (C=O) groups excluding carboxylic acids is 1. The van der Waals surface area contributed by atoms with Gasteiger partial charge >= 0.3 is 0 Å². The molecule has 2 aliphatic heterocycles. The zero-order valence-corrected chi connectivity index (χ0v) is 26.7. The number of hydrogen-bond donors (Lipinski definition) is 6. The molecule has 3 heterocycles. The first-order valence-electron chi connectivity index (χ1n) is 15.8. The van der Waals surface area contributed by atoms with Gasteiger partial charge in [0, 0.05) is 34.6 Å². The molecule has 8 rings (SSSR count). The Kier molecular flexibility index (Phi) is 7.12. The van der Waals surface area contributed by atoms with E-state index in [1.807, 2.05) is 26.8 Å². The SMILES string of the molecule is CC(C)=CCc1c(O)ccc(C(=O)C23CCC(C)(CC2c2ccc(O)cc2O)Oc2cc(-c4cc5ccc(O)cc5o4)cc(O)c23)c1O. The average molecular weight is 649 g/mol. The summed E-state index contributed by atoms with van der Waals surface area (Å²) in [7, 11) is 0. The van der Waals surface area contributed by atoms with Gasteiger partial charge in [-0.3, -0.25) is 4.79 Å². The lowest BCUT2D eigenvalue weighted by Crippen LogP contribution is -2.49. The zero-order valence-electron chi connectivity index (χ0n) is 26.7. The monoisotopic (exact) mass is 648 g/mol. The Hall–Kier alpha value is -5.57. The van der Waals surface area contributed by atoms with Crippen molar-refractivity contribution in [1.82, 2.24) is 0 Å². The minimum Gasteiger partial charge on any atom is -0.508 e. The van der Waals surface area contributed by atoms with E-state index in [4.69, 9.17) is 9.15 Å². The van der Waals surface area contributed by atoms with Crippen LogP contribution >= 0.6 is 0 Å². The first-order chi connectivity index (χ1) is 22.8. The van der Waals surface area contributed by atoms with Gasteiger partial charge in [-0.05, 0) is 101 Å². The van der Waals surface area contributed by atoms with E-state index < -0.39 is 22.7 Å². The predicted molar refractivity (Wildman–Crippen MR) is 179 cm³/mol. The Morgan fingerprint density at radius 3 is 2.35 bits per heavy atom. The molecule has 6 N–H and O–H groups in total. The van der Waals surface area contributed by atoms with E-state index in [-0.39, 0.29) is 76.2 Å². The summed E-state index contributed by atoms with van der Waals surface area (Å²) < 4.78 is 12.7. The number of Topliss-reactive ketones (excluding diaryl/α,β-unsaturated/α-hetero) is 1. The summed E-state index contributed by atoms with van der Waals surface area (Å²) >= 11 is 0. The Morgan fingerprint density at radius 1 is 0.854 bits per heavy atom. The summed E-state index contributed by atoms with van der Waals surface area (Å²) in [5, 5.41) is 66.2. The molecular formula is C39H36O9. The fourth-order valence-corrected chi connectivity index (χ4v) is 7.58. The minimum atomic E-state index is -1.55. The fraction of sp³-hybridized carbons (Fsp3) is 0.256. The Bertz CT molecular complexity index is 2150. The highest BCUT2D eigenvalue weighted by atomic mass is 16.5. The summed E-state index contributed by atoms with van der Waals surface area (Å²) in [6.07, 6.45) is 2.89. The fourth-order valence-electron chi connectivity index (χ4n) is 7.58. The van der Waals surface area contributed by atoms with Gasteiger partial charge in [0.05, 0.1) is 16.5 Å². The molecule has 3 atom stereocenters. The number of benzene rings is 4. The molecule has 1 saturated carbocycles. The van der Waals surface area contributed by atoms with Crippen LogP contribution in [-0.2, 0) is 11.8 Å². The second-order valence-corrected chi connectivity index (χ2v) is 13.5. The maximum absolute atomic E-state index is 15.2. The standard InChI is InChI=1S/C39H36O9/c1-20(2)4-8-26-29(42)11-10-27(36(26)45)37(46)39-13-12-38(3,19-28(39)25-9-7-23(40)17-30(25)43)48-34-16-22(14-31(44)35(34)39)32-15-21-5-6-24(41)18-33(21)47-32/h4-7,9-11,14-18,28,40-45H,8,12-13,19H2,1-3H3. The molecule has 9 heteroatoms. The van der Waals surface area contributed by atoms with Crippen LogP contribution in [0.25, 0.3) is 22.3 Å². The van der Waals surface area contributed by atoms with E-state index in [9.17, 15) is 30.6 Å². The molecule has 246 valence electrons. The van der Waals surface area contributed by atoms with Gasteiger partial charge in [-0.2, -0.15) is 0 Å². The van der Waals surface area contributed by atoms with Crippen LogP contribution in [0.5, 0.6) is 40.2 Å². The average Bonchev–Trinajstić information content (AvgIpc) is 3.34. The van der Waals surface area contributed by atoms with Crippen LogP contribution in [0.1, 0.15) is 73.0 Å². The van der Waals surface area contributed by atoms with E-state index in [2.05, 4.69) is 0 Å². The quantitative estimate of drug-likeness (QED) is 0.0790. The highest BCUT2D eigenvalue weighted by Gasteiger charge is 2.60. The lowest BCUT2D eigenvalue weighted by molar-refractivity contribution is 0.0299. The van der Waals surface area contributed by atoms with Gasteiger partial charge in [0.1, 0.15) is 57.2 Å². The van der Waals surface area contributed by atoms with E-state index in [0.29, 0.717) is 28.9 Å². The van der Waals surface area contributed by atoms with Crippen molar-refractivity contribution in [3.8, 4) is 51.6 Å². The summed E-state index contributed by atoms with van der Waals surface area (Å²) in [5.74, 6) is -1.67. The van der Waals surface area contributed by atoms with Gasteiger partial charge in [-0.15, -0.1) is 0 Å². The number of carbonyl (C=O) groups is 1. The van der Waals surface area contributed by atoms with Crippen LogP contribution in [0.4, 0.5) is 0 Å². The van der Waals surface area contributed by atoms with Crippen molar-refractivity contribution in [3.05, 3.63) is 101 Å². The number of furan rings is 1. The van der Waals surface area contributed by atoms with Gasteiger partial charge in [0.2, 0.25) is 0 Å². The number of ketones is 1. The predicted octanol–water partition coefficient (Wildman–Crippen LogP) is 8.08. The Morgan fingerprint density at radius 2 is 1.60 bits per heavy atom. The number of rotatable bonds is 6. The van der Waals surface area contributed by atoms with Crippen LogP contribution in [0.2, 0.25) is 0 Å². The summed E-state index contributed by atoms with van der Waals surface area (Å²) in [6.45, 7) is 5.71. The molecule has 2 bridgehead atoms. The van der Waals surface area contributed by atoms with Gasteiger partial charge in [0.15, 0.2) is 5.78 Å². The molecule has 5 aromatic rings. The van der Waals surface area contributed by atoms with Crippen molar-refractivity contribution in [3.63, 3.8) is 0 Å². The largest absolute Gasteiger partial charge is 0.508 e. The number of phenolic OH excluding ortho intramolecular Hbond substituents is 6. The van der Waals surface area contributed by atoms with Gasteiger partial charge in [0.25, 0.3) is 0 Å².